The molecule has 1 aromatic rings. The van der Waals surface area contributed by atoms with E-state index in [9.17, 15) is 4.79 Å². The minimum atomic E-state index is -0.396. The SMILES string of the molecule is CCOC(=O)c1cc(NC2CCC(C)CC2)ncc1N. The van der Waals surface area contributed by atoms with Crippen LogP contribution in [0.5, 0.6) is 0 Å². The number of pyridine rings is 1. The van der Waals surface area contributed by atoms with Gasteiger partial charge in [0.2, 0.25) is 0 Å². The summed E-state index contributed by atoms with van der Waals surface area (Å²) >= 11 is 0. The van der Waals surface area contributed by atoms with Gasteiger partial charge in [-0.05, 0) is 44.6 Å². The zero-order chi connectivity index (χ0) is 14.5. The van der Waals surface area contributed by atoms with E-state index in [-0.39, 0.29) is 0 Å². The summed E-state index contributed by atoms with van der Waals surface area (Å²) in [6.45, 7) is 4.40. The molecule has 0 radical (unpaired) electrons. The Kier molecular flexibility index (Phi) is 4.82. The normalized spacial score (nSPS) is 22.3. The second-order valence-electron chi connectivity index (χ2n) is 5.48. The molecule has 5 nitrogen and oxygen atoms in total. The van der Waals surface area contributed by atoms with Gasteiger partial charge in [-0.3, -0.25) is 0 Å². The van der Waals surface area contributed by atoms with E-state index in [0.29, 0.717) is 29.7 Å². The zero-order valence-electron chi connectivity index (χ0n) is 12.2. The number of rotatable bonds is 4. The van der Waals surface area contributed by atoms with Gasteiger partial charge >= 0.3 is 5.97 Å². The van der Waals surface area contributed by atoms with Crippen molar-refractivity contribution in [2.75, 3.05) is 17.7 Å². The third kappa shape index (κ3) is 3.62. The maximum atomic E-state index is 11.8. The van der Waals surface area contributed by atoms with Crippen LogP contribution in [0.3, 0.4) is 0 Å². The molecule has 20 heavy (non-hydrogen) atoms. The van der Waals surface area contributed by atoms with Crippen molar-refractivity contribution in [3.63, 3.8) is 0 Å². The topological polar surface area (TPSA) is 77.2 Å². The average Bonchev–Trinajstić information content (AvgIpc) is 2.43. The van der Waals surface area contributed by atoms with E-state index in [4.69, 9.17) is 10.5 Å². The Morgan fingerprint density at radius 3 is 2.80 bits per heavy atom. The fourth-order valence-corrected chi connectivity index (χ4v) is 2.54. The highest BCUT2D eigenvalue weighted by atomic mass is 16.5. The first-order valence-corrected chi connectivity index (χ1v) is 7.29. The number of nitrogens with one attached hydrogen (secondary N) is 1. The molecule has 5 heteroatoms. The van der Waals surface area contributed by atoms with Crippen LogP contribution in [0, 0.1) is 5.92 Å². The highest BCUT2D eigenvalue weighted by Crippen LogP contribution is 2.26. The van der Waals surface area contributed by atoms with Crippen molar-refractivity contribution in [1.82, 2.24) is 4.98 Å². The molecule has 1 fully saturated rings. The van der Waals surface area contributed by atoms with Crippen LogP contribution in [0.2, 0.25) is 0 Å². The highest BCUT2D eigenvalue weighted by molar-refractivity contribution is 5.95. The monoisotopic (exact) mass is 277 g/mol. The Bertz CT molecular complexity index is 468. The lowest BCUT2D eigenvalue weighted by Gasteiger charge is -2.27. The van der Waals surface area contributed by atoms with Crippen molar-refractivity contribution in [2.45, 2.75) is 45.6 Å². The van der Waals surface area contributed by atoms with Crippen molar-refractivity contribution in [1.29, 1.82) is 0 Å². The molecular weight excluding hydrogens is 254 g/mol. The first kappa shape index (κ1) is 14.6. The fourth-order valence-electron chi connectivity index (χ4n) is 2.54. The summed E-state index contributed by atoms with van der Waals surface area (Å²) in [4.78, 5) is 16.0. The molecule has 0 amide bonds. The predicted molar refractivity (Wildman–Crippen MR) is 79.6 cm³/mol. The maximum Gasteiger partial charge on any atom is 0.340 e. The molecule has 3 N–H and O–H groups in total. The molecular formula is C15H23N3O2. The lowest BCUT2D eigenvalue weighted by atomic mass is 9.87. The zero-order valence-corrected chi connectivity index (χ0v) is 12.2. The number of ether oxygens (including phenoxy) is 1. The molecule has 1 aliphatic carbocycles. The van der Waals surface area contributed by atoms with Crippen molar-refractivity contribution >= 4 is 17.5 Å². The minimum Gasteiger partial charge on any atom is -0.462 e. The second kappa shape index (κ2) is 6.59. The molecule has 0 bridgehead atoms. The first-order chi connectivity index (χ1) is 9.60. The smallest absolute Gasteiger partial charge is 0.340 e. The van der Waals surface area contributed by atoms with Crippen LogP contribution >= 0.6 is 0 Å². The average molecular weight is 277 g/mol. The third-order valence-electron chi connectivity index (χ3n) is 3.80. The summed E-state index contributed by atoms with van der Waals surface area (Å²) in [7, 11) is 0. The van der Waals surface area contributed by atoms with Gasteiger partial charge in [-0.25, -0.2) is 9.78 Å². The summed E-state index contributed by atoms with van der Waals surface area (Å²) in [5.41, 5.74) is 6.52. The van der Waals surface area contributed by atoms with Crippen molar-refractivity contribution < 1.29 is 9.53 Å². The van der Waals surface area contributed by atoms with Gasteiger partial charge in [0, 0.05) is 6.04 Å². The number of hydrogen-bond acceptors (Lipinski definition) is 5. The number of aromatic nitrogens is 1. The molecule has 110 valence electrons. The molecule has 1 aromatic heterocycles. The molecule has 0 aromatic carbocycles. The summed E-state index contributed by atoms with van der Waals surface area (Å²) in [6, 6.07) is 2.11. The maximum absolute atomic E-state index is 11.8. The molecule has 0 spiro atoms. The van der Waals surface area contributed by atoms with Gasteiger partial charge in [0.15, 0.2) is 0 Å². The van der Waals surface area contributed by atoms with Crippen LogP contribution in [0.25, 0.3) is 0 Å². The Morgan fingerprint density at radius 2 is 2.15 bits per heavy atom. The van der Waals surface area contributed by atoms with Gasteiger partial charge in [0.1, 0.15) is 5.82 Å². The van der Waals surface area contributed by atoms with E-state index in [1.807, 2.05) is 0 Å². The van der Waals surface area contributed by atoms with Crippen LogP contribution in [-0.2, 0) is 4.74 Å². The Hall–Kier alpha value is -1.78. The number of anilines is 2. The minimum absolute atomic E-state index is 0.337. The number of esters is 1. The molecule has 1 saturated carbocycles. The molecule has 1 aliphatic rings. The molecule has 0 aliphatic heterocycles. The second-order valence-corrected chi connectivity index (χ2v) is 5.48. The number of nitrogens with two attached hydrogens (primary N) is 1. The number of carbonyl (C=O) groups is 1. The van der Waals surface area contributed by atoms with Crippen molar-refractivity contribution in [3.05, 3.63) is 17.8 Å². The molecule has 1 heterocycles. The highest BCUT2D eigenvalue weighted by Gasteiger charge is 2.19. The van der Waals surface area contributed by atoms with Crippen LogP contribution in [0.15, 0.2) is 12.3 Å². The van der Waals surface area contributed by atoms with E-state index in [2.05, 4.69) is 17.2 Å². The van der Waals surface area contributed by atoms with Gasteiger partial charge in [0.05, 0.1) is 24.1 Å². The largest absolute Gasteiger partial charge is 0.462 e. The molecule has 0 atom stereocenters. The summed E-state index contributed by atoms with van der Waals surface area (Å²) in [6.07, 6.45) is 6.26. The lowest BCUT2D eigenvalue weighted by Crippen LogP contribution is -2.25. The van der Waals surface area contributed by atoms with Crippen LogP contribution < -0.4 is 11.1 Å². The van der Waals surface area contributed by atoms with E-state index in [0.717, 1.165) is 18.8 Å². The molecule has 0 unspecified atom stereocenters. The number of hydrogen-bond donors (Lipinski definition) is 2. The Morgan fingerprint density at radius 1 is 1.45 bits per heavy atom. The van der Waals surface area contributed by atoms with Crippen LogP contribution in [-0.4, -0.2) is 23.6 Å². The number of nitrogen functional groups attached to an aromatic ring is 1. The Balaban J connectivity index is 2.05. The Labute approximate surface area is 119 Å². The van der Waals surface area contributed by atoms with Gasteiger partial charge in [-0.15, -0.1) is 0 Å². The summed E-state index contributed by atoms with van der Waals surface area (Å²) in [5, 5.41) is 3.39. The van der Waals surface area contributed by atoms with Gasteiger partial charge < -0.3 is 15.8 Å². The summed E-state index contributed by atoms with van der Waals surface area (Å²) < 4.78 is 4.99. The van der Waals surface area contributed by atoms with E-state index >= 15 is 0 Å². The predicted octanol–water partition coefficient (Wildman–Crippen LogP) is 2.83. The molecule has 2 rings (SSSR count). The molecule has 0 saturated heterocycles. The fraction of sp³-hybridized carbons (Fsp3) is 0.600. The first-order valence-electron chi connectivity index (χ1n) is 7.29. The van der Waals surface area contributed by atoms with E-state index in [1.165, 1.54) is 19.0 Å². The summed E-state index contributed by atoms with van der Waals surface area (Å²) in [5.74, 6) is 1.11. The standard InChI is InChI=1S/C15H23N3O2/c1-3-20-15(19)12-8-14(17-9-13(12)16)18-11-6-4-10(2)5-7-11/h8-11H,3-7,16H2,1-2H3,(H,17,18). The third-order valence-corrected chi connectivity index (χ3v) is 3.80. The van der Waals surface area contributed by atoms with Gasteiger partial charge in [-0.2, -0.15) is 0 Å². The van der Waals surface area contributed by atoms with Gasteiger partial charge in [-0.1, -0.05) is 6.92 Å². The number of nitrogens with zero attached hydrogens (tertiary/aromatic N) is 1. The van der Waals surface area contributed by atoms with Crippen LogP contribution in [0.4, 0.5) is 11.5 Å². The van der Waals surface area contributed by atoms with Crippen LogP contribution in [0.1, 0.15) is 49.9 Å². The quantitative estimate of drug-likeness (QED) is 0.827. The number of carbonyl (C=O) groups excluding carboxylic acids is 1. The van der Waals surface area contributed by atoms with E-state index in [1.54, 1.807) is 13.0 Å². The van der Waals surface area contributed by atoms with Crippen molar-refractivity contribution in [3.8, 4) is 0 Å². The lowest BCUT2D eigenvalue weighted by molar-refractivity contribution is 0.0527. The van der Waals surface area contributed by atoms with Crippen molar-refractivity contribution in [2.24, 2.45) is 5.92 Å². The van der Waals surface area contributed by atoms with Gasteiger partial charge in [0.25, 0.3) is 0 Å². The van der Waals surface area contributed by atoms with E-state index < -0.39 is 5.97 Å².